The zero-order valence-electron chi connectivity index (χ0n) is 39.8. The Kier molecular flexibility index (Phi) is 10.1. The average Bonchev–Trinajstić information content (AvgIpc) is 3.27. The summed E-state index contributed by atoms with van der Waals surface area (Å²) in [6, 6.07) is 9.44. The van der Waals surface area contributed by atoms with Crippen LogP contribution < -0.4 is 5.32 Å². The van der Waals surface area contributed by atoms with Crippen molar-refractivity contribution in [1.82, 2.24) is 5.32 Å². The Labute approximate surface area is 365 Å². The summed E-state index contributed by atoms with van der Waals surface area (Å²) in [4.78, 5) is 84.1. The van der Waals surface area contributed by atoms with Crippen molar-refractivity contribution in [2.24, 2.45) is 16.7 Å². The molecular formula is C47H51NO14. The standard InChI is InChI=1S/C47H51NO14/c1-25-31(60-43(56)36(52)35(28-16-10-7-11-17-28)48-41(54)29-18-12-8-13-19-29)23-47(57)40(61-42(55)30-20-14-9-15-21-30)38-45(6,32(51)22-33-46(38,24-58-33)62-27(3)50)39(53)37(59-26(2)49)34(25)44(47,4)5/h7-21,31-33,35-38,40,51-52,57H,22-24H2,1-6H3,(H,48,54)/t31?,32-,33+,35?,36?,37+,38?,40?,45+,46-,47+/m0/s1/i8D,12D,13D,18D,19D. The van der Waals surface area contributed by atoms with Crippen molar-refractivity contribution in [3.8, 4) is 0 Å². The molecule has 2 bridgehead atoms. The number of ether oxygens (including phenoxy) is 5. The molecule has 3 aliphatic carbocycles. The highest BCUT2D eigenvalue weighted by molar-refractivity contribution is 5.96. The zero-order chi connectivity index (χ0) is 49.3. The summed E-state index contributed by atoms with van der Waals surface area (Å²) < 4.78 is 70.8. The molecule has 3 fully saturated rings. The van der Waals surface area contributed by atoms with Crippen molar-refractivity contribution in [2.45, 2.75) is 108 Å². The summed E-state index contributed by atoms with van der Waals surface area (Å²) in [5.74, 6) is -7.99. The number of carbonyl (C=O) groups excluding carboxylic acids is 6. The van der Waals surface area contributed by atoms with Gasteiger partial charge in [-0.1, -0.05) is 80.5 Å². The lowest BCUT2D eigenvalue weighted by Crippen LogP contribution is -2.82. The first-order valence-electron chi connectivity index (χ1n) is 22.6. The lowest BCUT2D eigenvalue weighted by molar-refractivity contribution is -0.346. The number of aliphatic hydroxyl groups is 3. The highest BCUT2D eigenvalue weighted by Crippen LogP contribution is 2.64. The van der Waals surface area contributed by atoms with Crippen LogP contribution in [0.3, 0.4) is 0 Å². The molecule has 2 saturated carbocycles. The quantitative estimate of drug-likeness (QED) is 0.130. The average molecular weight is 859 g/mol. The van der Waals surface area contributed by atoms with Gasteiger partial charge in [0.15, 0.2) is 23.6 Å². The number of nitrogens with one attached hydrogen (secondary N) is 1. The normalized spacial score (nSPS) is 33.0. The van der Waals surface area contributed by atoms with E-state index in [0.717, 1.165) is 13.8 Å². The summed E-state index contributed by atoms with van der Waals surface area (Å²) in [6.07, 6.45) is -11.4. The fourth-order valence-corrected chi connectivity index (χ4v) is 9.95. The minimum Gasteiger partial charge on any atom is -0.456 e. The van der Waals surface area contributed by atoms with Crippen molar-refractivity contribution in [1.29, 1.82) is 0 Å². The van der Waals surface area contributed by atoms with E-state index in [4.69, 9.17) is 30.5 Å². The Morgan fingerprint density at radius 3 is 2.10 bits per heavy atom. The topological polar surface area (TPSA) is 221 Å². The van der Waals surface area contributed by atoms with E-state index >= 15 is 4.79 Å². The molecule has 11 atom stereocenters. The number of carbonyl (C=O) groups is 6. The molecule has 1 aliphatic heterocycles. The number of aliphatic hydroxyl groups excluding tert-OH is 2. The molecular weight excluding hydrogens is 803 g/mol. The minimum atomic E-state index is -2.49. The fraction of sp³-hybridized carbons (Fsp3) is 0.447. The van der Waals surface area contributed by atoms with E-state index in [9.17, 15) is 39.3 Å². The van der Waals surface area contributed by atoms with Gasteiger partial charge in [-0.2, -0.15) is 0 Å². The third-order valence-electron chi connectivity index (χ3n) is 13.2. The maximum Gasteiger partial charge on any atom is 0.338 e. The minimum absolute atomic E-state index is 0.0163. The summed E-state index contributed by atoms with van der Waals surface area (Å²) in [6.45, 7) is 7.59. The number of benzene rings is 3. The molecule has 4 aliphatic rings. The van der Waals surface area contributed by atoms with Gasteiger partial charge in [-0.25, -0.2) is 9.59 Å². The summed E-state index contributed by atoms with van der Waals surface area (Å²) in [7, 11) is 0. The Bertz CT molecular complexity index is 2550. The van der Waals surface area contributed by atoms with Crippen LogP contribution in [-0.2, 0) is 42.9 Å². The Hall–Kier alpha value is -5.74. The molecule has 1 heterocycles. The van der Waals surface area contributed by atoms with Crippen LogP contribution in [-0.4, -0.2) is 105 Å². The fourth-order valence-electron chi connectivity index (χ4n) is 9.95. The SMILES string of the molecule is [2H]c1c([2H])c([2H])c(C(=O)NC(c2ccccc2)C(O)C(=O)OC2C[C@@]3(O)C(OC(=O)c4ccccc4)C4[C@](C)(C(=O)[C@H](OC(C)=O)C(=C2C)C3(C)C)[C@@H](O)C[C@H]2OC[C@@]42OC(C)=O)c([2H])c1[2H]. The second-order valence-corrected chi connectivity index (χ2v) is 17.0. The highest BCUT2D eigenvalue weighted by atomic mass is 16.6. The number of ketones is 1. The van der Waals surface area contributed by atoms with E-state index in [1.807, 2.05) is 0 Å². The number of hydrogen-bond donors (Lipinski definition) is 4. The van der Waals surface area contributed by atoms with Gasteiger partial charge < -0.3 is 44.3 Å². The second-order valence-electron chi connectivity index (χ2n) is 17.0. The molecule has 328 valence electrons. The van der Waals surface area contributed by atoms with Crippen LogP contribution in [0.2, 0.25) is 0 Å². The molecule has 4 N–H and O–H groups in total. The first-order chi connectivity index (χ1) is 31.3. The molecule has 5 unspecified atom stereocenters. The van der Waals surface area contributed by atoms with E-state index in [0.29, 0.717) is 0 Å². The molecule has 62 heavy (non-hydrogen) atoms. The Balaban J connectivity index is 1.38. The third-order valence-corrected chi connectivity index (χ3v) is 13.2. The summed E-state index contributed by atoms with van der Waals surface area (Å²) >= 11 is 0. The van der Waals surface area contributed by atoms with Gasteiger partial charge in [-0.15, -0.1) is 0 Å². The van der Waals surface area contributed by atoms with Crippen LogP contribution in [0.25, 0.3) is 0 Å². The molecule has 1 amide bonds. The molecule has 1 saturated heterocycles. The lowest BCUT2D eigenvalue weighted by Gasteiger charge is -2.67. The van der Waals surface area contributed by atoms with Gasteiger partial charge in [-0.05, 0) is 54.8 Å². The van der Waals surface area contributed by atoms with E-state index in [1.165, 1.54) is 64.1 Å². The molecule has 3 aromatic rings. The van der Waals surface area contributed by atoms with Gasteiger partial charge in [0.2, 0.25) is 0 Å². The number of Topliss-reactive ketones (excluding diaryl/α,β-unsaturated/α-hetero) is 1. The largest absolute Gasteiger partial charge is 0.456 e. The number of amides is 1. The Morgan fingerprint density at radius 2 is 1.52 bits per heavy atom. The van der Waals surface area contributed by atoms with Crippen LogP contribution in [0.1, 0.15) is 93.6 Å². The maximum atomic E-state index is 15.5. The van der Waals surface area contributed by atoms with Gasteiger partial charge >= 0.3 is 23.9 Å². The van der Waals surface area contributed by atoms with Crippen LogP contribution in [0.5, 0.6) is 0 Å². The monoisotopic (exact) mass is 858 g/mol. The first-order valence-corrected chi connectivity index (χ1v) is 20.1. The molecule has 3 aromatic carbocycles. The van der Waals surface area contributed by atoms with Crippen LogP contribution in [0.15, 0.2) is 102 Å². The number of hydrogen-bond acceptors (Lipinski definition) is 14. The predicted octanol–water partition coefficient (Wildman–Crippen LogP) is 3.74. The molecule has 0 aromatic heterocycles. The van der Waals surface area contributed by atoms with Gasteiger partial charge in [0.05, 0.1) is 42.5 Å². The van der Waals surface area contributed by atoms with E-state index < -0.39 is 148 Å². The number of rotatable bonds is 10. The Morgan fingerprint density at radius 1 is 0.887 bits per heavy atom. The van der Waals surface area contributed by atoms with Crippen molar-refractivity contribution in [2.75, 3.05) is 6.61 Å². The molecule has 15 nitrogen and oxygen atoms in total. The molecule has 0 spiro atoms. The lowest BCUT2D eigenvalue weighted by atomic mass is 9.44. The van der Waals surface area contributed by atoms with Gasteiger partial charge in [-0.3, -0.25) is 19.2 Å². The van der Waals surface area contributed by atoms with Crippen molar-refractivity contribution in [3.05, 3.63) is 119 Å². The van der Waals surface area contributed by atoms with E-state index in [-0.39, 0.29) is 35.3 Å². The molecule has 7 rings (SSSR count). The highest BCUT2D eigenvalue weighted by Gasteiger charge is 2.78. The van der Waals surface area contributed by atoms with E-state index in [1.54, 1.807) is 24.3 Å². The number of fused-ring (bicyclic) bond motifs is 5. The summed E-state index contributed by atoms with van der Waals surface area (Å²) in [5.41, 5.74) is -8.87. The summed E-state index contributed by atoms with van der Waals surface area (Å²) in [5, 5.41) is 40.1. The van der Waals surface area contributed by atoms with Crippen LogP contribution in [0.4, 0.5) is 0 Å². The van der Waals surface area contributed by atoms with Gasteiger partial charge in [0, 0.05) is 37.7 Å². The predicted molar refractivity (Wildman–Crippen MR) is 218 cm³/mol. The van der Waals surface area contributed by atoms with Gasteiger partial charge in [0.1, 0.15) is 23.9 Å². The van der Waals surface area contributed by atoms with Crippen LogP contribution >= 0.6 is 0 Å². The van der Waals surface area contributed by atoms with Gasteiger partial charge in [0.25, 0.3) is 5.91 Å². The zero-order valence-corrected chi connectivity index (χ0v) is 34.8. The van der Waals surface area contributed by atoms with Crippen molar-refractivity contribution < 1.29 is 74.6 Å². The third kappa shape index (κ3) is 7.29. The second kappa shape index (κ2) is 16.5. The van der Waals surface area contributed by atoms with Crippen molar-refractivity contribution >= 4 is 35.6 Å². The number of esters is 4. The molecule has 0 radical (unpaired) electrons. The first kappa shape index (κ1) is 38.0. The van der Waals surface area contributed by atoms with E-state index in [2.05, 4.69) is 5.32 Å². The molecule has 15 heteroatoms. The smallest absolute Gasteiger partial charge is 0.338 e. The maximum absolute atomic E-state index is 15.5. The van der Waals surface area contributed by atoms with Crippen LogP contribution in [0, 0.1) is 16.7 Å². The van der Waals surface area contributed by atoms with Crippen molar-refractivity contribution in [3.63, 3.8) is 0 Å².